The van der Waals surface area contributed by atoms with Crippen LogP contribution in [0.15, 0.2) is 30.5 Å². The Bertz CT molecular complexity index is 956. The molecule has 1 aromatic heterocycles. The summed E-state index contributed by atoms with van der Waals surface area (Å²) in [5, 5.41) is 26.6. The van der Waals surface area contributed by atoms with Gasteiger partial charge in [0.25, 0.3) is 0 Å². The van der Waals surface area contributed by atoms with Crippen molar-refractivity contribution >= 4 is 34.6 Å². The van der Waals surface area contributed by atoms with Crippen LogP contribution in [0.1, 0.15) is 19.4 Å². The molecule has 4 atom stereocenters. The molecule has 0 saturated carbocycles. The fourth-order valence-corrected chi connectivity index (χ4v) is 3.03. The Morgan fingerprint density at radius 3 is 2.35 bits per heavy atom. The van der Waals surface area contributed by atoms with Crippen LogP contribution in [0.4, 0.5) is 0 Å². The van der Waals surface area contributed by atoms with Crippen molar-refractivity contribution < 1.29 is 29.4 Å². The van der Waals surface area contributed by atoms with Gasteiger partial charge in [-0.2, -0.15) is 0 Å². The van der Waals surface area contributed by atoms with E-state index in [-0.39, 0.29) is 13.0 Å². The van der Waals surface area contributed by atoms with E-state index < -0.39 is 47.9 Å². The van der Waals surface area contributed by atoms with Crippen molar-refractivity contribution in [2.75, 3.05) is 6.54 Å². The first kappa shape index (κ1) is 23.8. The smallest absolute Gasteiger partial charge is 0.328 e. The van der Waals surface area contributed by atoms with Gasteiger partial charge < -0.3 is 36.9 Å². The van der Waals surface area contributed by atoms with E-state index in [9.17, 15) is 24.3 Å². The van der Waals surface area contributed by atoms with Gasteiger partial charge >= 0.3 is 5.97 Å². The molecule has 0 fully saturated rings. The Kier molecular flexibility index (Phi) is 8.11. The monoisotopic (exact) mass is 433 g/mol. The number of benzene rings is 1. The number of amides is 3. The number of aromatic amines is 1. The van der Waals surface area contributed by atoms with Crippen molar-refractivity contribution in [1.29, 1.82) is 0 Å². The number of hydrogen-bond donors (Lipinski definition) is 7. The van der Waals surface area contributed by atoms with E-state index in [1.54, 1.807) is 6.20 Å². The van der Waals surface area contributed by atoms with Crippen LogP contribution in [0.25, 0.3) is 10.9 Å². The van der Waals surface area contributed by atoms with Crippen LogP contribution in [0.3, 0.4) is 0 Å². The first-order valence-electron chi connectivity index (χ1n) is 9.70. The lowest BCUT2D eigenvalue weighted by atomic mass is 10.0. The Labute approximate surface area is 178 Å². The third-order valence-electron chi connectivity index (χ3n) is 4.73. The molecule has 168 valence electrons. The summed E-state index contributed by atoms with van der Waals surface area (Å²) >= 11 is 0. The SMILES string of the molecule is CC(NC(=O)C(Cc1c[nH]c2ccccc12)NC(=O)CN)C(=O)NC(C(=O)O)C(C)O. The van der Waals surface area contributed by atoms with E-state index in [1.165, 1.54) is 13.8 Å². The van der Waals surface area contributed by atoms with Crippen LogP contribution in [-0.2, 0) is 25.6 Å². The molecule has 0 radical (unpaired) electrons. The number of hydrogen-bond acceptors (Lipinski definition) is 6. The van der Waals surface area contributed by atoms with Gasteiger partial charge in [0.2, 0.25) is 17.7 Å². The fraction of sp³-hybridized carbons (Fsp3) is 0.400. The summed E-state index contributed by atoms with van der Waals surface area (Å²) in [5.74, 6) is -3.39. The van der Waals surface area contributed by atoms with Crippen molar-refractivity contribution in [3.05, 3.63) is 36.0 Å². The van der Waals surface area contributed by atoms with Gasteiger partial charge in [-0.15, -0.1) is 0 Å². The van der Waals surface area contributed by atoms with Crippen molar-refractivity contribution in [3.63, 3.8) is 0 Å². The van der Waals surface area contributed by atoms with Crippen LogP contribution in [0, 0.1) is 0 Å². The summed E-state index contributed by atoms with van der Waals surface area (Å²) in [7, 11) is 0. The maximum Gasteiger partial charge on any atom is 0.328 e. The minimum Gasteiger partial charge on any atom is -0.480 e. The van der Waals surface area contributed by atoms with Crippen molar-refractivity contribution in [3.8, 4) is 0 Å². The van der Waals surface area contributed by atoms with Crippen LogP contribution in [-0.4, -0.2) is 69.7 Å². The lowest BCUT2D eigenvalue weighted by Gasteiger charge is -2.23. The molecule has 1 aromatic carbocycles. The molecule has 0 saturated heterocycles. The summed E-state index contributed by atoms with van der Waals surface area (Å²) in [6, 6.07) is 3.80. The van der Waals surface area contributed by atoms with Gasteiger partial charge in [0.15, 0.2) is 6.04 Å². The van der Waals surface area contributed by atoms with E-state index in [1.807, 2.05) is 24.3 Å². The molecule has 2 rings (SSSR count). The van der Waals surface area contributed by atoms with Gasteiger partial charge in [0.1, 0.15) is 12.1 Å². The van der Waals surface area contributed by atoms with Gasteiger partial charge in [-0.25, -0.2) is 4.79 Å². The molecule has 0 aliphatic carbocycles. The molecular weight excluding hydrogens is 406 g/mol. The average molecular weight is 433 g/mol. The second-order valence-corrected chi connectivity index (χ2v) is 7.18. The van der Waals surface area contributed by atoms with Gasteiger partial charge in [-0.3, -0.25) is 14.4 Å². The number of aromatic nitrogens is 1. The number of para-hydroxylation sites is 1. The van der Waals surface area contributed by atoms with Crippen molar-refractivity contribution in [1.82, 2.24) is 20.9 Å². The predicted molar refractivity (Wildman–Crippen MR) is 112 cm³/mol. The highest BCUT2D eigenvalue weighted by Gasteiger charge is 2.29. The van der Waals surface area contributed by atoms with Crippen molar-refractivity contribution in [2.45, 2.75) is 44.5 Å². The number of carboxylic acid groups (broad SMARTS) is 1. The summed E-state index contributed by atoms with van der Waals surface area (Å²) in [5.41, 5.74) is 7.00. The zero-order valence-electron chi connectivity index (χ0n) is 17.2. The number of carboxylic acids is 1. The van der Waals surface area contributed by atoms with Gasteiger partial charge in [0, 0.05) is 23.5 Å². The highest BCUT2D eigenvalue weighted by atomic mass is 16.4. The summed E-state index contributed by atoms with van der Waals surface area (Å²) in [6.45, 7) is 2.27. The van der Waals surface area contributed by atoms with E-state index in [0.717, 1.165) is 16.5 Å². The topological polar surface area (TPSA) is 187 Å². The predicted octanol–water partition coefficient (Wildman–Crippen LogP) is -1.39. The number of nitrogens with one attached hydrogen (secondary N) is 4. The second kappa shape index (κ2) is 10.5. The molecule has 0 spiro atoms. The molecule has 2 aromatic rings. The lowest BCUT2D eigenvalue weighted by molar-refractivity contribution is -0.145. The Morgan fingerprint density at radius 2 is 1.74 bits per heavy atom. The highest BCUT2D eigenvalue weighted by molar-refractivity contribution is 5.94. The molecule has 0 bridgehead atoms. The second-order valence-electron chi connectivity index (χ2n) is 7.18. The molecule has 3 amide bonds. The fourth-order valence-electron chi connectivity index (χ4n) is 3.03. The number of H-pyrrole nitrogens is 1. The molecule has 11 nitrogen and oxygen atoms in total. The molecule has 31 heavy (non-hydrogen) atoms. The third-order valence-corrected chi connectivity index (χ3v) is 4.73. The van der Waals surface area contributed by atoms with Crippen LogP contribution >= 0.6 is 0 Å². The number of fused-ring (bicyclic) bond motifs is 1. The maximum absolute atomic E-state index is 12.8. The average Bonchev–Trinajstić information content (AvgIpc) is 3.13. The number of carbonyl (C=O) groups excluding carboxylic acids is 3. The number of aliphatic hydroxyl groups is 1. The number of aliphatic carboxylic acids is 1. The van der Waals surface area contributed by atoms with Gasteiger partial charge in [-0.1, -0.05) is 18.2 Å². The summed E-state index contributed by atoms with van der Waals surface area (Å²) in [4.78, 5) is 51.2. The molecule has 0 aliphatic rings. The lowest BCUT2D eigenvalue weighted by Crippen LogP contribution is -2.57. The number of carbonyl (C=O) groups is 4. The number of nitrogens with two attached hydrogens (primary N) is 1. The first-order valence-corrected chi connectivity index (χ1v) is 9.70. The third kappa shape index (κ3) is 6.27. The van der Waals surface area contributed by atoms with E-state index in [2.05, 4.69) is 20.9 Å². The van der Waals surface area contributed by atoms with Gasteiger partial charge in [-0.05, 0) is 25.5 Å². The standard InChI is InChI=1S/C20H27N5O6/c1-10(18(28)25-17(11(2)26)20(30)31)23-19(29)15(24-16(27)8-21)7-12-9-22-14-6-4-3-5-13(12)14/h3-6,9-11,15,17,22,26H,7-8,21H2,1-2H3,(H,23,29)(H,24,27)(H,25,28)(H,30,31). The minimum absolute atomic E-state index is 0.140. The quantitative estimate of drug-likeness (QED) is 0.240. The van der Waals surface area contributed by atoms with E-state index >= 15 is 0 Å². The Hall–Kier alpha value is -3.44. The maximum atomic E-state index is 12.8. The van der Waals surface area contributed by atoms with Crippen LogP contribution in [0.5, 0.6) is 0 Å². The van der Waals surface area contributed by atoms with E-state index in [0.29, 0.717) is 0 Å². The normalized spacial score (nSPS) is 14.8. The van der Waals surface area contributed by atoms with Crippen LogP contribution < -0.4 is 21.7 Å². The number of rotatable bonds is 10. The first-order chi connectivity index (χ1) is 14.6. The zero-order chi connectivity index (χ0) is 23.1. The Morgan fingerprint density at radius 1 is 1.06 bits per heavy atom. The zero-order valence-corrected chi connectivity index (χ0v) is 17.2. The molecule has 4 unspecified atom stereocenters. The summed E-state index contributed by atoms with van der Waals surface area (Å²) < 4.78 is 0. The van der Waals surface area contributed by atoms with Crippen LogP contribution in [0.2, 0.25) is 0 Å². The van der Waals surface area contributed by atoms with Gasteiger partial charge in [0.05, 0.1) is 12.6 Å². The molecule has 11 heteroatoms. The van der Waals surface area contributed by atoms with Crippen molar-refractivity contribution in [2.24, 2.45) is 5.73 Å². The largest absolute Gasteiger partial charge is 0.480 e. The Balaban J connectivity index is 2.12. The molecule has 0 aliphatic heterocycles. The minimum atomic E-state index is -1.52. The number of aliphatic hydroxyl groups excluding tert-OH is 1. The molecule has 1 heterocycles. The van der Waals surface area contributed by atoms with E-state index in [4.69, 9.17) is 10.8 Å². The molecular formula is C20H27N5O6. The summed E-state index contributed by atoms with van der Waals surface area (Å²) in [6.07, 6.45) is 0.541. The molecule has 8 N–H and O–H groups in total. The highest BCUT2D eigenvalue weighted by Crippen LogP contribution is 2.19.